The van der Waals surface area contributed by atoms with Crippen molar-refractivity contribution in [2.75, 3.05) is 13.1 Å². The van der Waals surface area contributed by atoms with Crippen molar-refractivity contribution in [1.29, 1.82) is 0 Å². The van der Waals surface area contributed by atoms with Gasteiger partial charge in [0.25, 0.3) is 0 Å². The summed E-state index contributed by atoms with van der Waals surface area (Å²) in [6, 6.07) is 5.95. The van der Waals surface area contributed by atoms with Gasteiger partial charge in [-0.3, -0.25) is 4.79 Å². The maximum Gasteiger partial charge on any atom is 0.227 e. The van der Waals surface area contributed by atoms with E-state index in [2.05, 4.69) is 5.92 Å². The largest absolute Gasteiger partial charge is 0.331 e. The molecule has 0 aliphatic heterocycles. The number of carbonyl (C=O) groups is 1. The normalized spacial score (nSPS) is 9.71. The zero-order valence-electron chi connectivity index (χ0n) is 9.95. The summed E-state index contributed by atoms with van der Waals surface area (Å²) in [6.07, 6.45) is 6.35. The Bertz CT molecular complexity index is 405. The summed E-state index contributed by atoms with van der Waals surface area (Å²) in [5.41, 5.74) is 0.800. The van der Waals surface area contributed by atoms with Gasteiger partial charge in [-0.25, -0.2) is 4.39 Å². The molecule has 0 bridgehead atoms. The maximum atomic E-state index is 12.7. The summed E-state index contributed by atoms with van der Waals surface area (Å²) < 4.78 is 12.7. The molecule has 0 N–H and O–H groups in total. The Labute approximate surface area is 101 Å². The lowest BCUT2D eigenvalue weighted by Crippen LogP contribution is -2.33. The number of carbonyl (C=O) groups excluding carboxylic acids is 1. The lowest BCUT2D eigenvalue weighted by atomic mass is 10.1. The lowest BCUT2D eigenvalue weighted by Gasteiger charge is -2.19. The van der Waals surface area contributed by atoms with Crippen molar-refractivity contribution in [2.45, 2.75) is 19.8 Å². The minimum absolute atomic E-state index is 0.0172. The van der Waals surface area contributed by atoms with E-state index in [9.17, 15) is 9.18 Å². The predicted molar refractivity (Wildman–Crippen MR) is 65.8 cm³/mol. The molecule has 0 aromatic heterocycles. The SMILES string of the molecule is C#CCN(CCC)C(=O)Cc1ccc(F)cc1. The zero-order chi connectivity index (χ0) is 12.7. The number of hydrogen-bond donors (Lipinski definition) is 0. The van der Waals surface area contributed by atoms with Gasteiger partial charge in [-0.2, -0.15) is 0 Å². The standard InChI is InChI=1S/C14H16FNO/c1-3-9-16(10-4-2)14(17)11-12-5-7-13(15)8-6-12/h1,5-8H,4,9-11H2,2H3. The second-order valence-electron chi connectivity index (χ2n) is 3.82. The molecule has 0 heterocycles. The van der Waals surface area contributed by atoms with Crippen LogP contribution in [0.4, 0.5) is 4.39 Å². The maximum absolute atomic E-state index is 12.7. The fourth-order valence-electron chi connectivity index (χ4n) is 1.56. The topological polar surface area (TPSA) is 20.3 Å². The van der Waals surface area contributed by atoms with Crippen molar-refractivity contribution in [3.8, 4) is 12.3 Å². The first-order chi connectivity index (χ1) is 8.17. The van der Waals surface area contributed by atoms with E-state index < -0.39 is 0 Å². The third-order valence-corrected chi connectivity index (χ3v) is 2.40. The molecule has 90 valence electrons. The molecule has 0 aliphatic carbocycles. The summed E-state index contributed by atoms with van der Waals surface area (Å²) in [7, 11) is 0. The highest BCUT2D eigenvalue weighted by molar-refractivity contribution is 5.79. The summed E-state index contributed by atoms with van der Waals surface area (Å²) in [6.45, 7) is 2.98. The molecule has 0 atom stereocenters. The van der Waals surface area contributed by atoms with E-state index in [0.29, 0.717) is 13.1 Å². The molecular formula is C14H16FNO. The van der Waals surface area contributed by atoms with Crippen molar-refractivity contribution in [2.24, 2.45) is 0 Å². The molecule has 0 spiro atoms. The molecule has 3 heteroatoms. The van der Waals surface area contributed by atoms with Crippen LogP contribution in [0.1, 0.15) is 18.9 Å². The van der Waals surface area contributed by atoms with Gasteiger partial charge in [0.1, 0.15) is 5.82 Å². The van der Waals surface area contributed by atoms with Crippen LogP contribution in [0.15, 0.2) is 24.3 Å². The van der Waals surface area contributed by atoms with Gasteiger partial charge in [0, 0.05) is 6.54 Å². The average Bonchev–Trinajstić information content (AvgIpc) is 2.32. The quantitative estimate of drug-likeness (QED) is 0.714. The Kier molecular flexibility index (Phi) is 5.22. The van der Waals surface area contributed by atoms with Crippen molar-refractivity contribution in [3.05, 3.63) is 35.6 Å². The first-order valence-electron chi connectivity index (χ1n) is 5.63. The highest BCUT2D eigenvalue weighted by Gasteiger charge is 2.11. The molecule has 0 aliphatic rings. The van der Waals surface area contributed by atoms with Gasteiger partial charge in [-0.1, -0.05) is 25.0 Å². The van der Waals surface area contributed by atoms with Crippen LogP contribution in [0.25, 0.3) is 0 Å². The molecule has 17 heavy (non-hydrogen) atoms. The first kappa shape index (κ1) is 13.2. The molecule has 0 saturated carbocycles. The van der Waals surface area contributed by atoms with E-state index in [1.165, 1.54) is 12.1 Å². The zero-order valence-corrected chi connectivity index (χ0v) is 9.95. The molecule has 0 radical (unpaired) electrons. The molecule has 0 unspecified atom stereocenters. The number of amides is 1. The summed E-state index contributed by atoms with van der Waals surface area (Å²) in [4.78, 5) is 13.6. The van der Waals surface area contributed by atoms with Gasteiger partial charge in [0.2, 0.25) is 5.91 Å². The van der Waals surface area contributed by atoms with Crippen molar-refractivity contribution < 1.29 is 9.18 Å². The molecule has 1 amide bonds. The Morgan fingerprint density at radius 3 is 2.59 bits per heavy atom. The third kappa shape index (κ3) is 4.28. The Morgan fingerprint density at radius 1 is 1.41 bits per heavy atom. The van der Waals surface area contributed by atoms with Crippen molar-refractivity contribution in [1.82, 2.24) is 4.90 Å². The summed E-state index contributed by atoms with van der Waals surface area (Å²) in [5, 5.41) is 0. The van der Waals surface area contributed by atoms with E-state index in [1.54, 1.807) is 17.0 Å². The fourth-order valence-corrected chi connectivity index (χ4v) is 1.56. The molecule has 1 rings (SSSR count). The lowest BCUT2D eigenvalue weighted by molar-refractivity contribution is -0.129. The second-order valence-corrected chi connectivity index (χ2v) is 3.82. The van der Waals surface area contributed by atoms with Gasteiger partial charge in [0.05, 0.1) is 13.0 Å². The highest BCUT2D eigenvalue weighted by Crippen LogP contribution is 2.06. The smallest absolute Gasteiger partial charge is 0.227 e. The van der Waals surface area contributed by atoms with Crippen LogP contribution < -0.4 is 0 Å². The van der Waals surface area contributed by atoms with Gasteiger partial charge in [0.15, 0.2) is 0 Å². The molecule has 2 nitrogen and oxygen atoms in total. The Hall–Kier alpha value is -1.82. The summed E-state index contributed by atoms with van der Waals surface area (Å²) >= 11 is 0. The van der Waals surface area contributed by atoms with E-state index >= 15 is 0 Å². The van der Waals surface area contributed by atoms with Crippen LogP contribution in [0.2, 0.25) is 0 Å². The van der Waals surface area contributed by atoms with Crippen LogP contribution in [0.5, 0.6) is 0 Å². The van der Waals surface area contributed by atoms with E-state index in [1.807, 2.05) is 6.92 Å². The van der Waals surface area contributed by atoms with E-state index in [0.717, 1.165) is 12.0 Å². The molecule has 1 aromatic rings. The van der Waals surface area contributed by atoms with Gasteiger partial charge in [-0.05, 0) is 24.1 Å². The number of hydrogen-bond acceptors (Lipinski definition) is 1. The van der Waals surface area contributed by atoms with E-state index in [-0.39, 0.29) is 18.1 Å². The van der Waals surface area contributed by atoms with Crippen LogP contribution >= 0.6 is 0 Å². The summed E-state index contributed by atoms with van der Waals surface area (Å²) in [5.74, 6) is 2.16. The predicted octanol–water partition coefficient (Wildman–Crippen LogP) is 2.24. The average molecular weight is 233 g/mol. The highest BCUT2D eigenvalue weighted by atomic mass is 19.1. The second kappa shape index (κ2) is 6.70. The Balaban J connectivity index is 2.63. The number of rotatable bonds is 5. The van der Waals surface area contributed by atoms with Crippen molar-refractivity contribution >= 4 is 5.91 Å². The van der Waals surface area contributed by atoms with Gasteiger partial charge in [-0.15, -0.1) is 6.42 Å². The van der Waals surface area contributed by atoms with E-state index in [4.69, 9.17) is 6.42 Å². The van der Waals surface area contributed by atoms with Crippen LogP contribution in [0.3, 0.4) is 0 Å². The molecular weight excluding hydrogens is 217 g/mol. The first-order valence-corrected chi connectivity index (χ1v) is 5.63. The van der Waals surface area contributed by atoms with Gasteiger partial charge >= 0.3 is 0 Å². The molecule has 0 saturated heterocycles. The molecule has 1 aromatic carbocycles. The number of halogens is 1. The number of benzene rings is 1. The van der Waals surface area contributed by atoms with Gasteiger partial charge < -0.3 is 4.90 Å². The Morgan fingerprint density at radius 2 is 2.06 bits per heavy atom. The minimum Gasteiger partial charge on any atom is -0.331 e. The van der Waals surface area contributed by atoms with Crippen LogP contribution in [-0.2, 0) is 11.2 Å². The molecule has 0 fully saturated rings. The fraction of sp³-hybridized carbons (Fsp3) is 0.357. The van der Waals surface area contributed by atoms with Crippen LogP contribution in [0, 0.1) is 18.2 Å². The number of nitrogens with zero attached hydrogens (tertiary/aromatic N) is 1. The van der Waals surface area contributed by atoms with Crippen molar-refractivity contribution in [3.63, 3.8) is 0 Å². The number of terminal acetylenes is 1. The monoisotopic (exact) mass is 233 g/mol. The van der Waals surface area contributed by atoms with Crippen LogP contribution in [-0.4, -0.2) is 23.9 Å². The third-order valence-electron chi connectivity index (χ3n) is 2.40. The minimum atomic E-state index is -0.296.